The van der Waals surface area contributed by atoms with E-state index in [2.05, 4.69) is 10.6 Å². The molecule has 0 saturated heterocycles. The van der Waals surface area contributed by atoms with Gasteiger partial charge in [0.25, 0.3) is 0 Å². The van der Waals surface area contributed by atoms with Gasteiger partial charge >= 0.3 is 0 Å². The Labute approximate surface area is 202 Å². The van der Waals surface area contributed by atoms with Crippen molar-refractivity contribution in [1.29, 1.82) is 0 Å². The summed E-state index contributed by atoms with van der Waals surface area (Å²) in [6.45, 7) is 10.9. The average Bonchev–Trinajstić information content (AvgIpc) is 2.70. The topological polar surface area (TPSA) is 95.6 Å². The van der Waals surface area contributed by atoms with Crippen LogP contribution in [-0.4, -0.2) is 45.0 Å². The Kier molecular flexibility index (Phi) is 9.09. The highest BCUT2D eigenvalue weighted by molar-refractivity contribution is 7.86. The Morgan fingerprint density at radius 2 is 1.65 bits per heavy atom. The van der Waals surface area contributed by atoms with E-state index >= 15 is 0 Å². The van der Waals surface area contributed by atoms with Gasteiger partial charge in [-0.05, 0) is 77.4 Å². The lowest BCUT2D eigenvalue weighted by Gasteiger charge is -2.32. The van der Waals surface area contributed by atoms with Gasteiger partial charge in [-0.15, -0.1) is 0 Å². The highest BCUT2D eigenvalue weighted by atomic mass is 32.2. The molecule has 0 unspecified atom stereocenters. The van der Waals surface area contributed by atoms with Crippen LogP contribution in [-0.2, 0) is 25.2 Å². The van der Waals surface area contributed by atoms with Crippen LogP contribution in [0.5, 0.6) is 0 Å². The predicted molar refractivity (Wildman–Crippen MR) is 134 cm³/mol. The third-order valence-corrected chi connectivity index (χ3v) is 6.00. The molecule has 0 saturated carbocycles. The third kappa shape index (κ3) is 8.06. The van der Waals surface area contributed by atoms with Gasteiger partial charge in [-0.1, -0.05) is 17.7 Å². The van der Waals surface area contributed by atoms with Gasteiger partial charge in [0.15, 0.2) is 0 Å². The molecule has 0 aliphatic rings. The summed E-state index contributed by atoms with van der Waals surface area (Å²) in [5.41, 5.74) is 2.20. The molecule has 0 aliphatic heterocycles. The lowest BCUT2D eigenvalue weighted by atomic mass is 10.1. The second-order valence-electron chi connectivity index (χ2n) is 9.25. The molecule has 0 radical (unpaired) electrons. The van der Waals surface area contributed by atoms with Crippen LogP contribution in [0.4, 0.5) is 15.8 Å². The first-order valence-corrected chi connectivity index (χ1v) is 12.4. The smallest absolute Gasteiger partial charge is 0.243 e. The Morgan fingerprint density at radius 1 is 1.03 bits per heavy atom. The standard InChI is InChI=1S/C25H32FN3O4S/c1-16-7-12-21(17(2)13-16)29(18(3)24(32)28-25(4,5)6)23(31)15-34(33)14-22(30)27-20-10-8-19(26)9-11-20/h7-13,18H,14-15H2,1-6H3,(H,27,30)(H,28,32)/t18-,34+/m1/s1. The molecule has 2 rings (SSSR count). The van der Waals surface area contributed by atoms with Gasteiger partial charge in [0.1, 0.15) is 23.4 Å². The maximum absolute atomic E-state index is 13.3. The highest BCUT2D eigenvalue weighted by Crippen LogP contribution is 2.24. The summed E-state index contributed by atoms with van der Waals surface area (Å²) >= 11 is 0. The summed E-state index contributed by atoms with van der Waals surface area (Å²) in [5, 5.41) is 5.40. The van der Waals surface area contributed by atoms with E-state index in [4.69, 9.17) is 0 Å². The zero-order valence-corrected chi connectivity index (χ0v) is 21.2. The Hall–Kier alpha value is -3.07. The van der Waals surface area contributed by atoms with Crippen LogP contribution < -0.4 is 15.5 Å². The van der Waals surface area contributed by atoms with Crippen molar-refractivity contribution in [3.63, 3.8) is 0 Å². The molecule has 2 N–H and O–H groups in total. The first-order valence-electron chi connectivity index (χ1n) is 10.9. The molecule has 0 spiro atoms. The van der Waals surface area contributed by atoms with Gasteiger partial charge in [0.2, 0.25) is 17.7 Å². The molecular formula is C25H32FN3O4S. The molecule has 0 aromatic heterocycles. The van der Waals surface area contributed by atoms with E-state index < -0.39 is 51.5 Å². The summed E-state index contributed by atoms with van der Waals surface area (Å²) in [6, 6.07) is 9.80. The lowest BCUT2D eigenvalue weighted by molar-refractivity contribution is -0.126. The van der Waals surface area contributed by atoms with Crippen LogP contribution in [0, 0.1) is 19.7 Å². The number of nitrogens with zero attached hydrogens (tertiary/aromatic N) is 1. The summed E-state index contributed by atoms with van der Waals surface area (Å²) in [6.07, 6.45) is 0. The van der Waals surface area contributed by atoms with Crippen molar-refractivity contribution >= 4 is 39.9 Å². The fourth-order valence-electron chi connectivity index (χ4n) is 3.36. The number of carbonyl (C=O) groups excluding carboxylic acids is 3. The molecule has 7 nitrogen and oxygen atoms in total. The molecule has 0 fully saturated rings. The zero-order valence-electron chi connectivity index (χ0n) is 20.4. The van der Waals surface area contributed by atoms with Crippen molar-refractivity contribution in [3.8, 4) is 0 Å². The average molecular weight is 490 g/mol. The number of carbonyl (C=O) groups is 3. The lowest BCUT2D eigenvalue weighted by Crippen LogP contribution is -2.54. The van der Waals surface area contributed by atoms with Gasteiger partial charge < -0.3 is 10.6 Å². The number of hydrogen-bond acceptors (Lipinski definition) is 4. The van der Waals surface area contributed by atoms with Crippen LogP contribution in [0.3, 0.4) is 0 Å². The molecule has 0 heterocycles. The summed E-state index contributed by atoms with van der Waals surface area (Å²) in [5.74, 6) is -2.72. The molecular weight excluding hydrogens is 457 g/mol. The van der Waals surface area contributed by atoms with Crippen LogP contribution in [0.25, 0.3) is 0 Å². The second-order valence-corrected chi connectivity index (χ2v) is 10.7. The molecule has 0 aliphatic carbocycles. The van der Waals surface area contributed by atoms with Crippen molar-refractivity contribution in [1.82, 2.24) is 5.32 Å². The first-order chi connectivity index (χ1) is 15.8. The minimum absolute atomic E-state index is 0.347. The van der Waals surface area contributed by atoms with Crippen LogP contribution in [0.2, 0.25) is 0 Å². The molecule has 2 aromatic carbocycles. The monoisotopic (exact) mass is 489 g/mol. The van der Waals surface area contributed by atoms with Crippen LogP contribution in [0.1, 0.15) is 38.8 Å². The Bertz CT molecular complexity index is 1080. The van der Waals surface area contributed by atoms with Gasteiger partial charge in [-0.2, -0.15) is 0 Å². The van der Waals surface area contributed by atoms with E-state index in [0.717, 1.165) is 11.1 Å². The maximum atomic E-state index is 13.3. The second kappa shape index (κ2) is 11.4. The number of rotatable bonds is 8. The molecule has 2 aromatic rings. The molecule has 34 heavy (non-hydrogen) atoms. The quantitative estimate of drug-likeness (QED) is 0.594. The SMILES string of the molecule is Cc1ccc(N(C(=O)C[S@@](=O)CC(=O)Nc2ccc(F)cc2)[C@H](C)C(=O)NC(C)(C)C)c(C)c1. The number of amides is 3. The van der Waals surface area contributed by atoms with E-state index in [1.54, 1.807) is 13.0 Å². The van der Waals surface area contributed by atoms with E-state index in [1.807, 2.05) is 46.8 Å². The number of anilines is 2. The minimum atomic E-state index is -1.82. The molecule has 184 valence electrons. The summed E-state index contributed by atoms with van der Waals surface area (Å²) in [4.78, 5) is 39.7. The third-order valence-electron chi connectivity index (χ3n) is 4.85. The van der Waals surface area contributed by atoms with E-state index in [-0.39, 0.29) is 5.91 Å². The van der Waals surface area contributed by atoms with Crippen molar-refractivity contribution in [2.24, 2.45) is 0 Å². The number of halogens is 1. The molecule has 9 heteroatoms. The largest absolute Gasteiger partial charge is 0.350 e. The van der Waals surface area contributed by atoms with Gasteiger partial charge in [0.05, 0.1) is 0 Å². The number of aryl methyl sites for hydroxylation is 2. The predicted octanol–water partition coefficient (Wildman–Crippen LogP) is 3.47. The van der Waals surface area contributed by atoms with Gasteiger partial charge in [-0.3, -0.25) is 23.5 Å². The van der Waals surface area contributed by atoms with E-state index in [0.29, 0.717) is 11.4 Å². The Balaban J connectivity index is 2.18. The van der Waals surface area contributed by atoms with Crippen LogP contribution >= 0.6 is 0 Å². The first kappa shape index (κ1) is 27.2. The zero-order chi connectivity index (χ0) is 25.6. The van der Waals surface area contributed by atoms with Gasteiger partial charge in [0, 0.05) is 27.7 Å². The molecule has 3 amide bonds. The molecule has 2 atom stereocenters. The fourth-order valence-corrected chi connectivity index (χ4v) is 4.24. The van der Waals surface area contributed by atoms with E-state index in [1.165, 1.54) is 29.2 Å². The van der Waals surface area contributed by atoms with Crippen molar-refractivity contribution in [2.75, 3.05) is 21.7 Å². The van der Waals surface area contributed by atoms with Crippen molar-refractivity contribution < 1.29 is 23.0 Å². The molecule has 0 bridgehead atoms. The normalized spacial score (nSPS) is 13.0. The summed E-state index contributed by atoms with van der Waals surface area (Å²) < 4.78 is 25.7. The number of nitrogens with one attached hydrogen (secondary N) is 2. The minimum Gasteiger partial charge on any atom is -0.350 e. The maximum Gasteiger partial charge on any atom is 0.243 e. The Morgan fingerprint density at radius 3 is 2.21 bits per heavy atom. The number of hydrogen-bond donors (Lipinski definition) is 2. The van der Waals surface area contributed by atoms with Crippen molar-refractivity contribution in [2.45, 2.75) is 53.1 Å². The number of benzene rings is 2. The van der Waals surface area contributed by atoms with Crippen molar-refractivity contribution in [3.05, 3.63) is 59.4 Å². The highest BCUT2D eigenvalue weighted by Gasteiger charge is 2.31. The van der Waals surface area contributed by atoms with Gasteiger partial charge in [-0.25, -0.2) is 4.39 Å². The van der Waals surface area contributed by atoms with E-state index in [9.17, 15) is 23.0 Å². The summed E-state index contributed by atoms with van der Waals surface area (Å²) in [7, 11) is -1.82. The fraction of sp³-hybridized carbons (Fsp3) is 0.400. The van der Waals surface area contributed by atoms with Crippen LogP contribution in [0.15, 0.2) is 42.5 Å².